The Kier molecular flexibility index (Phi) is 6.76. The molecule has 1 N–H and O–H groups in total. The monoisotopic (exact) mass is 439 g/mol. The van der Waals surface area contributed by atoms with E-state index in [1.165, 1.54) is 30.2 Å². The van der Waals surface area contributed by atoms with Gasteiger partial charge in [0.05, 0.1) is 20.8 Å². The maximum Gasteiger partial charge on any atom is 0.348 e. The molecule has 0 aliphatic carbocycles. The number of nitrogens with one attached hydrogen (secondary N) is 1. The molecule has 0 bridgehead atoms. The van der Waals surface area contributed by atoms with Crippen LogP contribution >= 0.6 is 62.0 Å². The van der Waals surface area contributed by atoms with E-state index in [0.29, 0.717) is 10.6 Å². The largest absolute Gasteiger partial charge is 0.465 e. The van der Waals surface area contributed by atoms with Gasteiger partial charge in [-0.25, -0.2) is 4.79 Å². The van der Waals surface area contributed by atoms with Crippen molar-refractivity contribution in [1.29, 1.82) is 0 Å². The van der Waals surface area contributed by atoms with Gasteiger partial charge in [-0.2, -0.15) is 0 Å². The smallest absolute Gasteiger partial charge is 0.348 e. The highest BCUT2D eigenvalue weighted by molar-refractivity contribution is 9.11. The van der Waals surface area contributed by atoms with Crippen LogP contribution in [0.5, 0.6) is 0 Å². The number of esters is 1. The number of methoxy groups -OCH3 is 1. The minimum Gasteiger partial charge on any atom is -0.465 e. The molecule has 118 valence electrons. The van der Waals surface area contributed by atoms with Crippen molar-refractivity contribution in [3.63, 3.8) is 0 Å². The molecule has 2 aromatic heterocycles. The summed E-state index contributed by atoms with van der Waals surface area (Å²) >= 11 is 13.4. The number of hydrogen-bond acceptors (Lipinski definition) is 6. The van der Waals surface area contributed by atoms with Crippen molar-refractivity contribution in [2.45, 2.75) is 15.5 Å². The zero-order valence-electron chi connectivity index (χ0n) is 11.4. The number of carbonyl (C=O) groups is 2. The molecule has 2 heterocycles. The van der Waals surface area contributed by atoms with Gasteiger partial charge in [0, 0.05) is 17.2 Å². The van der Waals surface area contributed by atoms with Crippen LogP contribution in [0.15, 0.2) is 30.4 Å². The molecule has 0 unspecified atom stereocenters. The summed E-state index contributed by atoms with van der Waals surface area (Å²) < 4.78 is 6.56. The van der Waals surface area contributed by atoms with E-state index in [4.69, 9.17) is 16.3 Å². The number of rotatable bonds is 6. The van der Waals surface area contributed by atoms with Crippen molar-refractivity contribution in [2.24, 2.45) is 0 Å². The predicted molar refractivity (Wildman–Crippen MR) is 95.8 cm³/mol. The molecule has 9 heteroatoms. The Bertz CT molecular complexity index is 686. The van der Waals surface area contributed by atoms with Crippen LogP contribution in [-0.4, -0.2) is 24.9 Å². The summed E-state index contributed by atoms with van der Waals surface area (Å²) in [6, 6.07) is 3.60. The highest BCUT2D eigenvalue weighted by atomic mass is 79.9. The molecule has 0 saturated carbocycles. The van der Waals surface area contributed by atoms with Crippen molar-refractivity contribution in [3.05, 3.63) is 26.2 Å². The third-order valence-corrected chi connectivity index (χ3v) is 7.11. The molecule has 0 aliphatic rings. The van der Waals surface area contributed by atoms with E-state index >= 15 is 0 Å². The average Bonchev–Trinajstić information content (AvgIpc) is 3.06. The molecular formula is C13H11BrClNO3S3. The van der Waals surface area contributed by atoms with Crippen LogP contribution in [0.3, 0.4) is 0 Å². The number of hydrogen-bond donors (Lipinski definition) is 1. The molecule has 2 aromatic rings. The van der Waals surface area contributed by atoms with Gasteiger partial charge in [-0.15, -0.1) is 34.3 Å². The number of thiophene rings is 2. The Hall–Kier alpha value is -0.540. The van der Waals surface area contributed by atoms with E-state index in [1.54, 1.807) is 17.4 Å². The molecule has 0 aromatic carbocycles. The topological polar surface area (TPSA) is 55.4 Å². The van der Waals surface area contributed by atoms with Gasteiger partial charge in [-0.1, -0.05) is 11.8 Å². The van der Waals surface area contributed by atoms with Crippen molar-refractivity contribution in [2.75, 3.05) is 18.3 Å². The fourth-order valence-electron chi connectivity index (χ4n) is 1.49. The summed E-state index contributed by atoms with van der Waals surface area (Å²) in [5.74, 6) is -0.359. The maximum atomic E-state index is 11.8. The lowest BCUT2D eigenvalue weighted by atomic mass is 10.4. The zero-order valence-corrected chi connectivity index (χ0v) is 16.1. The first-order chi connectivity index (χ1) is 10.5. The number of alkyl halides is 1. The minimum absolute atomic E-state index is 0.185. The van der Waals surface area contributed by atoms with E-state index in [-0.39, 0.29) is 18.2 Å². The summed E-state index contributed by atoms with van der Waals surface area (Å²) in [5.41, 5.74) is 0.601. The first kappa shape index (κ1) is 17.8. The van der Waals surface area contributed by atoms with Crippen LogP contribution in [0.2, 0.25) is 0 Å². The van der Waals surface area contributed by atoms with Crippen LogP contribution in [0.25, 0.3) is 0 Å². The molecule has 22 heavy (non-hydrogen) atoms. The Morgan fingerprint density at radius 2 is 2.27 bits per heavy atom. The van der Waals surface area contributed by atoms with Gasteiger partial charge in [0.15, 0.2) is 0 Å². The number of halogens is 2. The Morgan fingerprint density at radius 1 is 1.50 bits per heavy atom. The highest BCUT2D eigenvalue weighted by Gasteiger charge is 2.18. The van der Waals surface area contributed by atoms with E-state index in [0.717, 1.165) is 12.9 Å². The van der Waals surface area contributed by atoms with Gasteiger partial charge < -0.3 is 10.1 Å². The SMILES string of the molecule is COC(=O)c1cc(NC(=O)CCCl)c(Sc2ccsc2Br)s1. The van der Waals surface area contributed by atoms with Crippen LogP contribution in [-0.2, 0) is 9.53 Å². The second-order valence-corrected chi connectivity index (χ2v) is 8.93. The van der Waals surface area contributed by atoms with Gasteiger partial charge in [-0.3, -0.25) is 4.79 Å². The van der Waals surface area contributed by atoms with Crippen molar-refractivity contribution in [1.82, 2.24) is 0 Å². The van der Waals surface area contributed by atoms with Crippen molar-refractivity contribution in [3.8, 4) is 0 Å². The Morgan fingerprint density at radius 3 is 2.86 bits per heavy atom. The number of amides is 1. The van der Waals surface area contributed by atoms with Gasteiger partial charge in [0.1, 0.15) is 4.88 Å². The lowest BCUT2D eigenvalue weighted by Gasteiger charge is -2.04. The standard InChI is InChI=1S/C13H11BrClNO3S3/c1-19-12(18)9-6-7(16-10(17)2-4-15)13(22-9)21-8-3-5-20-11(8)14/h3,5-6H,2,4H2,1H3,(H,16,17). The molecular weight excluding hydrogens is 430 g/mol. The molecule has 1 amide bonds. The molecule has 0 atom stereocenters. The lowest BCUT2D eigenvalue weighted by Crippen LogP contribution is -2.11. The molecule has 0 saturated heterocycles. The van der Waals surface area contributed by atoms with Crippen LogP contribution in [0.4, 0.5) is 5.69 Å². The fraction of sp³-hybridized carbons (Fsp3) is 0.231. The van der Waals surface area contributed by atoms with Gasteiger partial charge in [0.2, 0.25) is 5.91 Å². The van der Waals surface area contributed by atoms with E-state index < -0.39 is 5.97 Å². The summed E-state index contributed by atoms with van der Waals surface area (Å²) in [5, 5.41) is 4.75. The molecule has 0 fully saturated rings. The van der Waals surface area contributed by atoms with E-state index in [9.17, 15) is 9.59 Å². The Balaban J connectivity index is 2.28. The highest BCUT2D eigenvalue weighted by Crippen LogP contribution is 2.44. The summed E-state index contributed by atoms with van der Waals surface area (Å²) in [6.45, 7) is 0. The Labute approximate surface area is 153 Å². The van der Waals surface area contributed by atoms with Crippen LogP contribution < -0.4 is 5.32 Å². The van der Waals surface area contributed by atoms with Crippen molar-refractivity contribution < 1.29 is 14.3 Å². The lowest BCUT2D eigenvalue weighted by molar-refractivity contribution is -0.115. The van der Waals surface area contributed by atoms with Gasteiger partial charge in [-0.05, 0) is 33.4 Å². The minimum atomic E-state index is -0.422. The number of anilines is 1. The first-order valence-corrected chi connectivity index (χ1v) is 9.88. The second kappa shape index (κ2) is 8.35. The summed E-state index contributed by atoms with van der Waals surface area (Å²) in [4.78, 5) is 24.9. The molecule has 0 radical (unpaired) electrons. The van der Waals surface area contributed by atoms with E-state index in [2.05, 4.69) is 21.2 Å². The summed E-state index contributed by atoms with van der Waals surface area (Å²) in [6.07, 6.45) is 0.219. The molecule has 0 aliphatic heterocycles. The van der Waals surface area contributed by atoms with Gasteiger partial charge >= 0.3 is 5.97 Å². The number of carbonyl (C=O) groups excluding carboxylic acids is 2. The fourth-order valence-corrected chi connectivity index (χ4v) is 5.33. The van der Waals surface area contributed by atoms with Gasteiger partial charge in [0.25, 0.3) is 0 Å². The third kappa shape index (κ3) is 4.48. The van der Waals surface area contributed by atoms with Crippen LogP contribution in [0.1, 0.15) is 16.1 Å². The summed E-state index contributed by atoms with van der Waals surface area (Å²) in [7, 11) is 1.33. The predicted octanol–water partition coefficient (Wildman–Crippen LogP) is 5.08. The second-order valence-electron chi connectivity index (χ2n) is 3.95. The van der Waals surface area contributed by atoms with Crippen molar-refractivity contribution >= 4 is 79.5 Å². The van der Waals surface area contributed by atoms with E-state index in [1.807, 2.05) is 11.4 Å². The third-order valence-electron chi connectivity index (χ3n) is 2.47. The first-order valence-electron chi connectivity index (χ1n) is 6.04. The quantitative estimate of drug-likeness (QED) is 0.503. The normalized spacial score (nSPS) is 10.5. The molecule has 2 rings (SSSR count). The molecule has 4 nitrogen and oxygen atoms in total. The zero-order chi connectivity index (χ0) is 16.1. The van der Waals surface area contributed by atoms with Crippen LogP contribution in [0, 0.1) is 0 Å². The number of ether oxygens (including phenoxy) is 1. The molecule has 0 spiro atoms. The maximum absolute atomic E-state index is 11.8. The average molecular weight is 441 g/mol.